The molecule has 3 nitrogen and oxygen atoms in total. The molecule has 1 aliphatic rings. The highest BCUT2D eigenvalue weighted by molar-refractivity contribution is 5.67. The summed E-state index contributed by atoms with van der Waals surface area (Å²) in [4.78, 5) is 4.32. The lowest BCUT2D eigenvalue weighted by Crippen LogP contribution is -1.95. The minimum atomic E-state index is 0.359. The highest BCUT2D eigenvalue weighted by Gasteiger charge is 2.15. The number of phenolic OH excluding ortho intramolecular Hbond substituents is 1. The van der Waals surface area contributed by atoms with Crippen LogP contribution in [0.15, 0.2) is 36.5 Å². The number of hydrogen-bond acceptors (Lipinski definition) is 3. The first-order valence-corrected chi connectivity index (χ1v) is 5.36. The Labute approximate surface area is 93.8 Å². The zero-order chi connectivity index (χ0) is 11.0. The van der Waals surface area contributed by atoms with Gasteiger partial charge in [0.25, 0.3) is 0 Å². The number of nitrogens with one attached hydrogen (secondary N) is 1. The number of hydrogen-bond donors (Lipinski definition) is 2. The van der Waals surface area contributed by atoms with Gasteiger partial charge < -0.3 is 10.4 Å². The van der Waals surface area contributed by atoms with Crippen LogP contribution in [0.2, 0.25) is 0 Å². The minimum absolute atomic E-state index is 0.359. The van der Waals surface area contributed by atoms with Crippen molar-refractivity contribution >= 4 is 11.5 Å². The summed E-state index contributed by atoms with van der Waals surface area (Å²) < 4.78 is 0. The maximum absolute atomic E-state index is 9.80. The van der Waals surface area contributed by atoms with Gasteiger partial charge >= 0.3 is 0 Å². The van der Waals surface area contributed by atoms with Gasteiger partial charge in [-0.2, -0.15) is 0 Å². The molecule has 0 atom stereocenters. The Kier molecular flexibility index (Phi) is 2.03. The second-order valence-electron chi connectivity index (χ2n) is 3.94. The van der Waals surface area contributed by atoms with Gasteiger partial charge in [-0.3, -0.25) is 0 Å². The summed E-state index contributed by atoms with van der Waals surface area (Å²) in [5.41, 5.74) is 3.12. The first kappa shape index (κ1) is 9.21. The molecule has 0 radical (unpaired) electrons. The van der Waals surface area contributed by atoms with Crippen molar-refractivity contribution in [2.24, 2.45) is 0 Å². The van der Waals surface area contributed by atoms with Crippen LogP contribution in [0.5, 0.6) is 5.75 Å². The molecule has 1 aromatic carbocycles. The molecule has 0 aliphatic carbocycles. The summed E-state index contributed by atoms with van der Waals surface area (Å²) in [6.45, 7) is 0. The Morgan fingerprint density at radius 2 is 2.06 bits per heavy atom. The van der Waals surface area contributed by atoms with Gasteiger partial charge in [0.2, 0.25) is 0 Å². The third-order valence-electron chi connectivity index (χ3n) is 2.94. The molecule has 1 aromatic heterocycles. The number of phenols is 1. The minimum Gasteiger partial charge on any atom is -0.508 e. The zero-order valence-corrected chi connectivity index (χ0v) is 8.77. The normalized spacial score (nSPS) is 13.2. The fourth-order valence-electron chi connectivity index (χ4n) is 2.09. The van der Waals surface area contributed by atoms with Crippen LogP contribution in [0.4, 0.5) is 11.5 Å². The van der Waals surface area contributed by atoms with E-state index in [1.165, 1.54) is 5.56 Å². The highest BCUT2D eigenvalue weighted by Crippen LogP contribution is 2.33. The Morgan fingerprint density at radius 3 is 3.00 bits per heavy atom. The van der Waals surface area contributed by atoms with Crippen LogP contribution in [0, 0.1) is 0 Å². The average Bonchev–Trinajstić information content (AvgIpc) is 2.48. The molecule has 0 fully saturated rings. The summed E-state index contributed by atoms with van der Waals surface area (Å²) in [5.74, 6) is 1.25. The molecule has 3 rings (SSSR count). The van der Waals surface area contributed by atoms with Gasteiger partial charge in [0, 0.05) is 17.4 Å². The van der Waals surface area contributed by atoms with Crippen LogP contribution >= 0.6 is 0 Å². The molecule has 80 valence electrons. The van der Waals surface area contributed by atoms with Crippen molar-refractivity contribution in [3.05, 3.63) is 47.7 Å². The van der Waals surface area contributed by atoms with Crippen LogP contribution in [0.1, 0.15) is 11.1 Å². The molecule has 1 aliphatic heterocycles. The molecule has 0 saturated heterocycles. The molecule has 16 heavy (non-hydrogen) atoms. The topological polar surface area (TPSA) is 45.2 Å². The molecular weight excluding hydrogens is 200 g/mol. The van der Waals surface area contributed by atoms with Crippen molar-refractivity contribution in [2.75, 3.05) is 5.32 Å². The molecule has 0 amide bonds. The van der Waals surface area contributed by atoms with Gasteiger partial charge in [-0.1, -0.05) is 12.1 Å². The first-order chi connectivity index (χ1) is 7.84. The number of benzene rings is 1. The molecule has 0 unspecified atom stereocenters. The van der Waals surface area contributed by atoms with E-state index >= 15 is 0 Å². The van der Waals surface area contributed by atoms with E-state index in [1.54, 1.807) is 12.3 Å². The van der Waals surface area contributed by atoms with Crippen molar-refractivity contribution in [2.45, 2.75) is 12.8 Å². The molecule has 3 heteroatoms. The SMILES string of the molecule is Oc1cccc2c1CCc1cccnc1N2. The standard InChI is InChI=1S/C13H12N2O/c16-12-5-1-4-11-10(12)7-6-9-3-2-8-14-13(9)15-11/h1-5,8,16H,6-7H2,(H,14,15). The van der Waals surface area contributed by atoms with Gasteiger partial charge in [0.1, 0.15) is 11.6 Å². The quantitative estimate of drug-likeness (QED) is 0.705. The number of nitrogens with zero attached hydrogens (tertiary/aromatic N) is 1. The predicted molar refractivity (Wildman–Crippen MR) is 63.0 cm³/mol. The number of rotatable bonds is 0. The second-order valence-corrected chi connectivity index (χ2v) is 3.94. The molecule has 0 saturated carbocycles. The van der Waals surface area contributed by atoms with E-state index in [1.807, 2.05) is 18.2 Å². The lowest BCUT2D eigenvalue weighted by Gasteiger charge is -2.09. The van der Waals surface area contributed by atoms with E-state index in [2.05, 4.69) is 16.4 Å². The van der Waals surface area contributed by atoms with E-state index in [4.69, 9.17) is 0 Å². The Morgan fingerprint density at radius 1 is 1.12 bits per heavy atom. The Hall–Kier alpha value is -2.03. The zero-order valence-electron chi connectivity index (χ0n) is 8.77. The molecule has 0 spiro atoms. The average molecular weight is 212 g/mol. The second kappa shape index (κ2) is 3.52. The summed E-state index contributed by atoms with van der Waals surface area (Å²) >= 11 is 0. The van der Waals surface area contributed by atoms with Gasteiger partial charge in [-0.15, -0.1) is 0 Å². The molecular formula is C13H12N2O. The number of anilines is 2. The van der Waals surface area contributed by atoms with E-state index in [-0.39, 0.29) is 0 Å². The summed E-state index contributed by atoms with van der Waals surface area (Å²) in [7, 11) is 0. The van der Waals surface area contributed by atoms with Gasteiger partial charge in [0.05, 0.1) is 0 Å². The third-order valence-corrected chi connectivity index (χ3v) is 2.94. The number of pyridine rings is 1. The van der Waals surface area contributed by atoms with E-state index < -0.39 is 0 Å². The summed E-state index contributed by atoms with van der Waals surface area (Å²) in [5, 5.41) is 13.1. The fourth-order valence-corrected chi connectivity index (χ4v) is 2.09. The number of fused-ring (bicyclic) bond motifs is 2. The number of aromatic nitrogens is 1. The maximum Gasteiger partial charge on any atom is 0.133 e. The van der Waals surface area contributed by atoms with Gasteiger partial charge in [0.15, 0.2) is 0 Å². The maximum atomic E-state index is 9.80. The van der Waals surface area contributed by atoms with Crippen molar-refractivity contribution in [3.63, 3.8) is 0 Å². The van der Waals surface area contributed by atoms with E-state index in [9.17, 15) is 5.11 Å². The van der Waals surface area contributed by atoms with Crippen molar-refractivity contribution in [3.8, 4) is 5.75 Å². The fraction of sp³-hybridized carbons (Fsp3) is 0.154. The molecule has 2 heterocycles. The third kappa shape index (κ3) is 1.41. The Bertz CT molecular complexity index is 537. The first-order valence-electron chi connectivity index (χ1n) is 5.36. The van der Waals surface area contributed by atoms with E-state index in [0.29, 0.717) is 5.75 Å². The molecule has 0 bridgehead atoms. The Balaban J connectivity index is 2.12. The monoisotopic (exact) mass is 212 g/mol. The molecule has 2 N–H and O–H groups in total. The lowest BCUT2D eigenvalue weighted by atomic mass is 10.0. The van der Waals surface area contributed by atoms with Gasteiger partial charge in [-0.25, -0.2) is 4.98 Å². The van der Waals surface area contributed by atoms with Crippen LogP contribution in [-0.2, 0) is 12.8 Å². The van der Waals surface area contributed by atoms with Crippen LogP contribution < -0.4 is 5.32 Å². The summed E-state index contributed by atoms with van der Waals surface area (Å²) in [6, 6.07) is 9.55. The van der Waals surface area contributed by atoms with E-state index in [0.717, 1.165) is 29.9 Å². The number of aryl methyl sites for hydroxylation is 1. The predicted octanol–water partition coefficient (Wildman–Crippen LogP) is 2.63. The summed E-state index contributed by atoms with van der Waals surface area (Å²) in [6.07, 6.45) is 3.52. The van der Waals surface area contributed by atoms with Crippen molar-refractivity contribution in [1.29, 1.82) is 0 Å². The van der Waals surface area contributed by atoms with Crippen molar-refractivity contribution in [1.82, 2.24) is 4.98 Å². The van der Waals surface area contributed by atoms with Gasteiger partial charge in [-0.05, 0) is 36.6 Å². The van der Waals surface area contributed by atoms with Crippen LogP contribution in [0.25, 0.3) is 0 Å². The lowest BCUT2D eigenvalue weighted by molar-refractivity contribution is 0.468. The largest absolute Gasteiger partial charge is 0.508 e. The molecule has 2 aromatic rings. The van der Waals surface area contributed by atoms with Crippen LogP contribution in [-0.4, -0.2) is 10.1 Å². The van der Waals surface area contributed by atoms with Crippen molar-refractivity contribution < 1.29 is 5.11 Å². The highest BCUT2D eigenvalue weighted by atomic mass is 16.3. The van der Waals surface area contributed by atoms with Crippen LogP contribution in [0.3, 0.4) is 0 Å². The smallest absolute Gasteiger partial charge is 0.133 e. The number of aromatic hydroxyl groups is 1.